The van der Waals surface area contributed by atoms with E-state index < -0.39 is 36.3 Å². The van der Waals surface area contributed by atoms with E-state index in [9.17, 15) is 19.2 Å². The highest BCUT2D eigenvalue weighted by Gasteiger charge is 2.26. The molecule has 154 valence electrons. The summed E-state index contributed by atoms with van der Waals surface area (Å²) >= 11 is 0. The molecule has 0 spiro atoms. The van der Waals surface area contributed by atoms with Crippen molar-refractivity contribution in [1.82, 2.24) is 16.0 Å². The van der Waals surface area contributed by atoms with Gasteiger partial charge in [0.25, 0.3) is 0 Å². The van der Waals surface area contributed by atoms with Crippen molar-refractivity contribution in [3.8, 4) is 0 Å². The molecule has 0 saturated heterocycles. The summed E-state index contributed by atoms with van der Waals surface area (Å²) in [7, 11) is 0. The van der Waals surface area contributed by atoms with Gasteiger partial charge in [0, 0.05) is 0 Å². The third-order valence-corrected chi connectivity index (χ3v) is 4.22. The van der Waals surface area contributed by atoms with Gasteiger partial charge in [-0.1, -0.05) is 0 Å². The number of amides is 3. The number of carboxylic acid groups (broad SMARTS) is 1. The zero-order valence-corrected chi connectivity index (χ0v) is 14.9. The minimum atomic E-state index is -1.19. The summed E-state index contributed by atoms with van der Waals surface area (Å²) in [5.74, 6) is 2.26. The van der Waals surface area contributed by atoms with Crippen LogP contribution in [0.5, 0.6) is 0 Å². The Hall–Kier alpha value is -2.28. The van der Waals surface area contributed by atoms with E-state index >= 15 is 0 Å². The van der Waals surface area contributed by atoms with Gasteiger partial charge in [-0.2, -0.15) is 5.90 Å². The standard InChI is InChI=1S/C15H27N5O7/c16-11(5-9-1-3-10(4-2-9)26-27-17)15(25)20-7-13(22)18-6-12(21)19-8-14(23)24/h9-11H,1-8,16-17H2,(H,18,22)(H,19,21)(H,20,25)(H,23,24). The van der Waals surface area contributed by atoms with E-state index in [1.807, 2.05) is 0 Å². The maximum atomic E-state index is 12.0. The second kappa shape index (κ2) is 12.2. The fraction of sp³-hybridized carbons (Fsp3) is 0.733. The maximum Gasteiger partial charge on any atom is 0.322 e. The van der Waals surface area contributed by atoms with Gasteiger partial charge in [0.2, 0.25) is 17.7 Å². The van der Waals surface area contributed by atoms with Crippen molar-refractivity contribution in [3.63, 3.8) is 0 Å². The first-order valence-corrected chi connectivity index (χ1v) is 8.62. The van der Waals surface area contributed by atoms with Gasteiger partial charge in [-0.15, -0.1) is 4.99 Å². The lowest BCUT2D eigenvalue weighted by Crippen LogP contribution is -2.47. The van der Waals surface area contributed by atoms with Crippen LogP contribution < -0.4 is 27.6 Å². The molecule has 27 heavy (non-hydrogen) atoms. The van der Waals surface area contributed by atoms with Crippen molar-refractivity contribution in [2.75, 3.05) is 19.6 Å². The average molecular weight is 389 g/mol. The monoisotopic (exact) mass is 389 g/mol. The fourth-order valence-corrected chi connectivity index (χ4v) is 2.79. The lowest BCUT2D eigenvalue weighted by molar-refractivity contribution is -0.334. The SMILES string of the molecule is NOOC1CCC(CC(N)C(=O)NCC(=O)NCC(=O)NCC(=O)O)CC1. The molecule has 0 aliphatic heterocycles. The van der Waals surface area contributed by atoms with E-state index in [-0.39, 0.29) is 25.1 Å². The average Bonchev–Trinajstić information content (AvgIpc) is 2.64. The van der Waals surface area contributed by atoms with Crippen molar-refractivity contribution in [2.24, 2.45) is 17.5 Å². The third-order valence-electron chi connectivity index (χ3n) is 4.22. The zero-order chi connectivity index (χ0) is 20.2. The number of hydrogen-bond acceptors (Lipinski definition) is 8. The van der Waals surface area contributed by atoms with E-state index in [4.69, 9.17) is 21.6 Å². The molecular weight excluding hydrogens is 362 g/mol. The van der Waals surface area contributed by atoms with Crippen LogP contribution >= 0.6 is 0 Å². The molecule has 0 bridgehead atoms. The number of rotatable bonds is 11. The molecule has 0 heterocycles. The molecule has 3 amide bonds. The predicted molar refractivity (Wildman–Crippen MR) is 91.4 cm³/mol. The minimum absolute atomic E-state index is 0.0484. The highest BCUT2D eigenvalue weighted by Crippen LogP contribution is 2.29. The van der Waals surface area contributed by atoms with Gasteiger partial charge in [0.15, 0.2) is 0 Å². The van der Waals surface area contributed by atoms with Gasteiger partial charge >= 0.3 is 5.97 Å². The fourth-order valence-electron chi connectivity index (χ4n) is 2.79. The molecule has 1 aliphatic rings. The van der Waals surface area contributed by atoms with E-state index in [0.717, 1.165) is 25.7 Å². The van der Waals surface area contributed by atoms with Gasteiger partial charge in [0.1, 0.15) is 6.54 Å². The summed E-state index contributed by atoms with van der Waals surface area (Å²) in [4.78, 5) is 54.2. The van der Waals surface area contributed by atoms with Crippen LogP contribution in [-0.4, -0.2) is 60.6 Å². The van der Waals surface area contributed by atoms with Gasteiger partial charge in [-0.25, -0.2) is 4.89 Å². The largest absolute Gasteiger partial charge is 0.480 e. The first-order chi connectivity index (χ1) is 12.8. The van der Waals surface area contributed by atoms with Crippen molar-refractivity contribution in [2.45, 2.75) is 44.2 Å². The Morgan fingerprint density at radius 3 is 2.07 bits per heavy atom. The molecule has 12 nitrogen and oxygen atoms in total. The summed E-state index contributed by atoms with van der Waals surface area (Å²) in [6.45, 7) is -1.24. The molecule has 8 N–H and O–H groups in total. The first kappa shape index (κ1) is 22.8. The van der Waals surface area contributed by atoms with Crippen molar-refractivity contribution >= 4 is 23.7 Å². The number of hydrogen-bond donors (Lipinski definition) is 6. The van der Waals surface area contributed by atoms with Crippen LogP contribution in [0.3, 0.4) is 0 Å². The Balaban J connectivity index is 2.18. The van der Waals surface area contributed by atoms with Crippen LogP contribution in [0.15, 0.2) is 0 Å². The molecule has 0 aromatic heterocycles. The Morgan fingerprint density at radius 2 is 1.52 bits per heavy atom. The van der Waals surface area contributed by atoms with Crippen LogP contribution in [0, 0.1) is 5.92 Å². The van der Waals surface area contributed by atoms with Crippen LogP contribution in [0.4, 0.5) is 0 Å². The maximum absolute atomic E-state index is 12.0. The second-order valence-electron chi connectivity index (χ2n) is 6.34. The van der Waals surface area contributed by atoms with E-state index in [2.05, 4.69) is 20.9 Å². The molecule has 12 heteroatoms. The number of carboxylic acids is 1. The first-order valence-electron chi connectivity index (χ1n) is 8.62. The highest BCUT2D eigenvalue weighted by atomic mass is 17.3. The molecule has 1 saturated carbocycles. The van der Waals surface area contributed by atoms with Gasteiger partial charge in [-0.05, 0) is 38.0 Å². The number of carbonyl (C=O) groups is 4. The molecular formula is C15H27N5O7. The normalized spacial score (nSPS) is 20.4. The van der Waals surface area contributed by atoms with Crippen molar-refractivity contribution < 1.29 is 34.2 Å². The Morgan fingerprint density at radius 1 is 0.963 bits per heavy atom. The third kappa shape index (κ3) is 9.84. The lowest BCUT2D eigenvalue weighted by atomic mass is 9.83. The van der Waals surface area contributed by atoms with Crippen LogP contribution in [0.25, 0.3) is 0 Å². The quantitative estimate of drug-likeness (QED) is 0.164. The molecule has 0 radical (unpaired) electrons. The van der Waals surface area contributed by atoms with E-state index in [0.29, 0.717) is 6.42 Å². The number of aliphatic carboxylic acids is 1. The highest BCUT2D eigenvalue weighted by molar-refractivity contribution is 5.90. The number of nitrogens with one attached hydrogen (secondary N) is 3. The Kier molecular flexibility index (Phi) is 10.3. The molecule has 1 atom stereocenters. The molecule has 1 aliphatic carbocycles. The second-order valence-corrected chi connectivity index (χ2v) is 6.34. The summed E-state index contributed by atoms with van der Waals surface area (Å²) in [5, 5.41) is 15.2. The summed E-state index contributed by atoms with van der Waals surface area (Å²) in [5.41, 5.74) is 5.88. The number of carbonyl (C=O) groups excluding carboxylic acids is 3. The van der Waals surface area contributed by atoms with E-state index in [1.54, 1.807) is 0 Å². The van der Waals surface area contributed by atoms with Crippen molar-refractivity contribution in [1.29, 1.82) is 0 Å². The van der Waals surface area contributed by atoms with Crippen LogP contribution in [-0.2, 0) is 29.1 Å². The molecule has 1 rings (SSSR count). The topological polar surface area (TPSA) is 195 Å². The summed E-state index contributed by atoms with van der Waals surface area (Å²) in [6.07, 6.45) is 3.64. The van der Waals surface area contributed by atoms with Gasteiger partial charge in [-0.3, -0.25) is 19.2 Å². The van der Waals surface area contributed by atoms with Crippen molar-refractivity contribution in [3.05, 3.63) is 0 Å². The van der Waals surface area contributed by atoms with Gasteiger partial charge < -0.3 is 26.8 Å². The Bertz CT molecular complexity index is 523. The molecule has 0 aromatic carbocycles. The van der Waals surface area contributed by atoms with Gasteiger partial charge in [0.05, 0.1) is 25.2 Å². The lowest BCUT2D eigenvalue weighted by Gasteiger charge is -2.28. The smallest absolute Gasteiger partial charge is 0.322 e. The summed E-state index contributed by atoms with van der Waals surface area (Å²) < 4.78 is 0. The zero-order valence-electron chi connectivity index (χ0n) is 14.9. The summed E-state index contributed by atoms with van der Waals surface area (Å²) in [6, 6.07) is -0.745. The molecule has 1 unspecified atom stereocenters. The van der Waals surface area contributed by atoms with Crippen LogP contribution in [0.1, 0.15) is 32.1 Å². The minimum Gasteiger partial charge on any atom is -0.480 e. The van der Waals surface area contributed by atoms with E-state index in [1.165, 1.54) is 0 Å². The molecule has 0 aromatic rings. The van der Waals surface area contributed by atoms with Crippen LogP contribution in [0.2, 0.25) is 0 Å². The molecule has 1 fully saturated rings. The predicted octanol–water partition coefficient (Wildman–Crippen LogP) is -2.48. The number of nitrogens with two attached hydrogens (primary N) is 2. The Labute approximate surface area is 156 Å².